The highest BCUT2D eigenvalue weighted by molar-refractivity contribution is 9.10. The van der Waals surface area contributed by atoms with Crippen LogP contribution >= 0.6 is 27.3 Å². The summed E-state index contributed by atoms with van der Waals surface area (Å²) in [5.41, 5.74) is -1.59. The molecule has 4 rings (SSSR count). The van der Waals surface area contributed by atoms with Crippen molar-refractivity contribution >= 4 is 44.2 Å². The monoisotopic (exact) mass is 509 g/mol. The summed E-state index contributed by atoms with van der Waals surface area (Å²) in [7, 11) is 0. The van der Waals surface area contributed by atoms with E-state index in [1.54, 1.807) is 47.8 Å². The number of aromatic nitrogens is 1. The second kappa shape index (κ2) is 8.10. The van der Waals surface area contributed by atoms with Gasteiger partial charge in [-0.25, -0.2) is 4.98 Å². The third-order valence-electron chi connectivity index (χ3n) is 4.67. The molecular formula is C21H15BrF3N3O2S. The number of thiazole rings is 1. The van der Waals surface area contributed by atoms with Crippen molar-refractivity contribution in [2.75, 3.05) is 5.01 Å². The zero-order valence-corrected chi connectivity index (χ0v) is 18.1. The van der Waals surface area contributed by atoms with Gasteiger partial charge >= 0.3 is 6.18 Å². The number of hydrazone groups is 1. The fraction of sp³-hybridized carbons (Fsp3) is 0.143. The van der Waals surface area contributed by atoms with E-state index in [0.717, 1.165) is 21.4 Å². The number of aromatic hydroxyl groups is 1. The number of hydrogen-bond acceptors (Lipinski definition) is 6. The maximum absolute atomic E-state index is 13.8. The molecule has 0 aliphatic carbocycles. The number of anilines is 1. The Morgan fingerprint density at radius 1 is 1.10 bits per heavy atom. The molecule has 1 aliphatic heterocycles. The summed E-state index contributed by atoms with van der Waals surface area (Å²) < 4.78 is 42.3. The van der Waals surface area contributed by atoms with Crippen LogP contribution in [0.3, 0.4) is 0 Å². The smallest absolute Gasteiger partial charge is 0.438 e. The lowest BCUT2D eigenvalue weighted by Gasteiger charge is -2.32. The number of nitrogens with zero attached hydrogens (tertiary/aromatic N) is 3. The van der Waals surface area contributed by atoms with Crippen molar-refractivity contribution < 1.29 is 23.4 Å². The van der Waals surface area contributed by atoms with Gasteiger partial charge in [-0.2, -0.15) is 23.3 Å². The molecule has 10 heteroatoms. The first-order chi connectivity index (χ1) is 14.7. The minimum Gasteiger partial charge on any atom is -0.507 e. The SMILES string of the molecule is Oc1ccccc1C=CC1=NN(c2nc(-c3ccc(Br)cc3)cs2)C(O)(C(F)(F)F)C1. The molecule has 5 nitrogen and oxygen atoms in total. The van der Waals surface area contributed by atoms with Crippen LogP contribution in [0.5, 0.6) is 5.75 Å². The Hall–Kier alpha value is -2.69. The minimum atomic E-state index is -4.97. The fourth-order valence-electron chi connectivity index (χ4n) is 3.02. The first-order valence-corrected chi connectivity index (χ1v) is 10.7. The van der Waals surface area contributed by atoms with Gasteiger partial charge in [0.15, 0.2) is 0 Å². The zero-order chi connectivity index (χ0) is 22.2. The molecule has 0 radical (unpaired) electrons. The van der Waals surface area contributed by atoms with Gasteiger partial charge in [-0.05, 0) is 30.4 Å². The number of rotatable bonds is 4. The third kappa shape index (κ3) is 4.23. The average molecular weight is 510 g/mol. The van der Waals surface area contributed by atoms with Crippen molar-refractivity contribution in [3.05, 3.63) is 70.0 Å². The van der Waals surface area contributed by atoms with Crippen molar-refractivity contribution in [3.63, 3.8) is 0 Å². The number of halogens is 4. The predicted molar refractivity (Wildman–Crippen MR) is 118 cm³/mol. The van der Waals surface area contributed by atoms with Gasteiger partial charge in [-0.15, -0.1) is 11.3 Å². The molecule has 31 heavy (non-hydrogen) atoms. The number of hydrogen-bond donors (Lipinski definition) is 2. The maximum Gasteiger partial charge on any atom is 0.438 e. The molecule has 0 amide bonds. The highest BCUT2D eigenvalue weighted by Gasteiger charge is 2.62. The lowest BCUT2D eigenvalue weighted by atomic mass is 10.1. The molecule has 0 saturated carbocycles. The van der Waals surface area contributed by atoms with E-state index < -0.39 is 18.3 Å². The van der Waals surface area contributed by atoms with E-state index in [9.17, 15) is 23.4 Å². The first kappa shape index (κ1) is 21.5. The van der Waals surface area contributed by atoms with E-state index >= 15 is 0 Å². The topological polar surface area (TPSA) is 69.0 Å². The number of para-hydroxylation sites is 1. The molecule has 1 atom stereocenters. The zero-order valence-electron chi connectivity index (χ0n) is 15.7. The Labute approximate surface area is 187 Å². The molecule has 0 bridgehead atoms. The molecule has 160 valence electrons. The van der Waals surface area contributed by atoms with Crippen LogP contribution in [0.15, 0.2) is 69.6 Å². The highest BCUT2D eigenvalue weighted by Crippen LogP contribution is 2.44. The Morgan fingerprint density at radius 2 is 1.81 bits per heavy atom. The van der Waals surface area contributed by atoms with Crippen LogP contribution in [0.1, 0.15) is 12.0 Å². The van der Waals surface area contributed by atoms with Crippen LogP contribution < -0.4 is 5.01 Å². The molecule has 2 heterocycles. The fourth-order valence-corrected chi connectivity index (χ4v) is 4.13. The van der Waals surface area contributed by atoms with E-state index in [0.29, 0.717) is 16.3 Å². The van der Waals surface area contributed by atoms with Crippen molar-refractivity contribution in [1.82, 2.24) is 4.98 Å². The summed E-state index contributed by atoms with van der Waals surface area (Å²) in [5, 5.41) is 26.4. The van der Waals surface area contributed by atoms with Crippen molar-refractivity contribution in [1.29, 1.82) is 0 Å². The lowest BCUT2D eigenvalue weighted by Crippen LogP contribution is -2.55. The summed E-state index contributed by atoms with van der Waals surface area (Å²) in [6.45, 7) is 0. The third-order valence-corrected chi connectivity index (χ3v) is 6.01. The van der Waals surface area contributed by atoms with Crippen molar-refractivity contribution in [2.24, 2.45) is 5.10 Å². The number of aliphatic hydroxyl groups is 1. The van der Waals surface area contributed by atoms with Gasteiger partial charge in [0.1, 0.15) is 5.75 Å². The van der Waals surface area contributed by atoms with Crippen LogP contribution in [-0.4, -0.2) is 32.8 Å². The first-order valence-electron chi connectivity index (χ1n) is 9.02. The van der Waals surface area contributed by atoms with Crippen molar-refractivity contribution in [2.45, 2.75) is 18.3 Å². The van der Waals surface area contributed by atoms with Gasteiger partial charge in [0.25, 0.3) is 5.72 Å². The van der Waals surface area contributed by atoms with Crippen LogP contribution in [-0.2, 0) is 0 Å². The molecule has 1 unspecified atom stereocenters. The maximum atomic E-state index is 13.8. The summed E-state index contributed by atoms with van der Waals surface area (Å²) in [5.74, 6) is -0.0145. The molecule has 0 saturated heterocycles. The second-order valence-corrected chi connectivity index (χ2v) is 8.56. The summed E-state index contributed by atoms with van der Waals surface area (Å²) in [6.07, 6.45) is -2.95. The second-order valence-electron chi connectivity index (χ2n) is 6.81. The average Bonchev–Trinajstić information content (AvgIpc) is 3.33. The van der Waals surface area contributed by atoms with Gasteiger partial charge in [-0.1, -0.05) is 46.3 Å². The molecule has 2 N–H and O–H groups in total. The van der Waals surface area contributed by atoms with Crippen molar-refractivity contribution in [3.8, 4) is 17.0 Å². The summed E-state index contributed by atoms with van der Waals surface area (Å²) in [6, 6.07) is 13.6. The minimum absolute atomic E-state index is 0.00321. The number of phenols is 1. The Morgan fingerprint density at radius 3 is 2.48 bits per heavy atom. The Balaban J connectivity index is 1.68. The van der Waals surface area contributed by atoms with Crippen LogP contribution in [0.4, 0.5) is 18.3 Å². The van der Waals surface area contributed by atoms with E-state index in [4.69, 9.17) is 0 Å². The van der Waals surface area contributed by atoms with Gasteiger partial charge in [0, 0.05) is 21.0 Å². The highest BCUT2D eigenvalue weighted by atomic mass is 79.9. The Bertz CT molecular complexity index is 1160. The standard InChI is InChI=1S/C21H15BrF3N3O2S/c22-15-8-5-13(6-9-15)17-12-31-19(26-17)28-20(30,21(23,24)25)11-16(27-28)10-7-14-3-1-2-4-18(14)29/h1-10,12,29-30H,11H2. The van der Waals surface area contributed by atoms with Gasteiger partial charge in [0.2, 0.25) is 5.13 Å². The van der Waals surface area contributed by atoms with E-state index in [1.807, 2.05) is 0 Å². The molecule has 3 aromatic rings. The van der Waals surface area contributed by atoms with E-state index in [-0.39, 0.29) is 16.6 Å². The van der Waals surface area contributed by atoms with Crippen LogP contribution in [0.2, 0.25) is 0 Å². The number of benzene rings is 2. The predicted octanol–water partition coefficient (Wildman–Crippen LogP) is 5.81. The van der Waals surface area contributed by atoms with Gasteiger partial charge < -0.3 is 10.2 Å². The normalized spacial score (nSPS) is 19.3. The number of allylic oxidation sites excluding steroid dienone is 1. The lowest BCUT2D eigenvalue weighted by molar-refractivity contribution is -0.254. The van der Waals surface area contributed by atoms with Gasteiger partial charge in [0.05, 0.1) is 17.8 Å². The number of alkyl halides is 3. The van der Waals surface area contributed by atoms with Crippen LogP contribution in [0.25, 0.3) is 17.3 Å². The Kier molecular flexibility index (Phi) is 5.63. The molecule has 1 aliphatic rings. The quantitative estimate of drug-likeness (QED) is 0.465. The summed E-state index contributed by atoms with van der Waals surface area (Å²) >= 11 is 4.29. The van der Waals surface area contributed by atoms with Gasteiger partial charge in [-0.3, -0.25) is 0 Å². The molecule has 0 spiro atoms. The molecule has 1 aromatic heterocycles. The molecule has 2 aromatic carbocycles. The largest absolute Gasteiger partial charge is 0.507 e. The molecular weight excluding hydrogens is 495 g/mol. The van der Waals surface area contributed by atoms with Crippen LogP contribution in [0, 0.1) is 0 Å². The summed E-state index contributed by atoms with van der Waals surface area (Å²) in [4.78, 5) is 4.27. The van der Waals surface area contributed by atoms with E-state index in [1.165, 1.54) is 18.2 Å². The van der Waals surface area contributed by atoms with E-state index in [2.05, 4.69) is 26.0 Å². The molecule has 0 fully saturated rings. The number of phenolic OH excluding ortho intramolecular Hbond substituents is 1.